The van der Waals surface area contributed by atoms with Crippen LogP contribution >= 0.6 is 11.8 Å². The van der Waals surface area contributed by atoms with E-state index in [9.17, 15) is 4.79 Å². The Morgan fingerprint density at radius 2 is 2.13 bits per heavy atom. The number of anilines is 1. The minimum atomic E-state index is -0.0275. The first-order chi connectivity index (χ1) is 15.0. The van der Waals surface area contributed by atoms with Gasteiger partial charge in [0.05, 0.1) is 12.3 Å². The van der Waals surface area contributed by atoms with Crippen LogP contribution in [-0.4, -0.2) is 42.1 Å². The fraction of sp³-hybridized carbons (Fsp3) is 0.542. The van der Waals surface area contributed by atoms with Crippen LogP contribution in [0.25, 0.3) is 0 Å². The molecule has 1 N–H and O–H groups in total. The van der Waals surface area contributed by atoms with Crippen LogP contribution in [0.1, 0.15) is 61.6 Å². The second-order valence-electron chi connectivity index (χ2n) is 8.56. The van der Waals surface area contributed by atoms with Gasteiger partial charge in [-0.3, -0.25) is 4.79 Å². The van der Waals surface area contributed by atoms with Crippen LogP contribution in [0.2, 0.25) is 0 Å². The molecule has 0 bridgehead atoms. The van der Waals surface area contributed by atoms with Crippen molar-refractivity contribution in [1.82, 2.24) is 15.3 Å². The number of ether oxygens (including phenoxy) is 1. The van der Waals surface area contributed by atoms with Gasteiger partial charge in [0, 0.05) is 43.6 Å². The van der Waals surface area contributed by atoms with Crippen molar-refractivity contribution in [2.24, 2.45) is 5.92 Å². The summed E-state index contributed by atoms with van der Waals surface area (Å²) in [4.78, 5) is 24.3. The molecule has 1 unspecified atom stereocenters. The molecule has 1 amide bonds. The molecule has 7 heteroatoms. The SMILES string of the molecule is COCc1cc(N2CCCCC2C)nc(SCc2cccc(C(=O)NCC(C)C)c2)n1. The summed E-state index contributed by atoms with van der Waals surface area (Å²) in [6.45, 7) is 8.61. The predicted molar refractivity (Wildman–Crippen MR) is 127 cm³/mol. The highest BCUT2D eigenvalue weighted by atomic mass is 32.2. The van der Waals surface area contributed by atoms with E-state index in [1.54, 1.807) is 18.9 Å². The summed E-state index contributed by atoms with van der Waals surface area (Å²) in [6.07, 6.45) is 3.66. The molecular formula is C24H34N4O2S. The molecule has 6 nitrogen and oxygen atoms in total. The van der Waals surface area contributed by atoms with Crippen molar-refractivity contribution in [1.29, 1.82) is 0 Å². The molecule has 1 aliphatic heterocycles. The highest BCUT2D eigenvalue weighted by Gasteiger charge is 2.21. The summed E-state index contributed by atoms with van der Waals surface area (Å²) < 4.78 is 5.33. The van der Waals surface area contributed by atoms with Gasteiger partial charge in [0.15, 0.2) is 5.16 Å². The summed E-state index contributed by atoms with van der Waals surface area (Å²) >= 11 is 1.60. The van der Waals surface area contributed by atoms with E-state index in [1.807, 2.05) is 24.3 Å². The third-order valence-electron chi connectivity index (χ3n) is 5.36. The van der Waals surface area contributed by atoms with Crippen molar-refractivity contribution in [3.05, 3.63) is 47.2 Å². The first kappa shape index (κ1) is 23.5. The van der Waals surface area contributed by atoms with Gasteiger partial charge in [-0.2, -0.15) is 0 Å². The van der Waals surface area contributed by atoms with Gasteiger partial charge in [-0.05, 0) is 49.8 Å². The summed E-state index contributed by atoms with van der Waals surface area (Å²) in [5.74, 6) is 2.09. The maximum absolute atomic E-state index is 12.4. The Morgan fingerprint density at radius 3 is 2.87 bits per heavy atom. The Morgan fingerprint density at radius 1 is 1.29 bits per heavy atom. The Balaban J connectivity index is 1.72. The number of hydrogen-bond donors (Lipinski definition) is 1. The normalized spacial score (nSPS) is 16.5. The highest BCUT2D eigenvalue weighted by Crippen LogP contribution is 2.27. The number of benzene rings is 1. The zero-order chi connectivity index (χ0) is 22.2. The van der Waals surface area contributed by atoms with Crippen molar-refractivity contribution >= 4 is 23.5 Å². The van der Waals surface area contributed by atoms with E-state index < -0.39 is 0 Å². The summed E-state index contributed by atoms with van der Waals surface area (Å²) in [5, 5.41) is 3.73. The summed E-state index contributed by atoms with van der Waals surface area (Å²) in [6, 6.07) is 10.3. The van der Waals surface area contributed by atoms with Crippen molar-refractivity contribution in [3.8, 4) is 0 Å². The molecule has 0 spiro atoms. The van der Waals surface area contributed by atoms with Gasteiger partial charge in [0.2, 0.25) is 0 Å². The van der Waals surface area contributed by atoms with Crippen molar-refractivity contribution < 1.29 is 9.53 Å². The molecule has 1 fully saturated rings. The maximum atomic E-state index is 12.4. The third kappa shape index (κ3) is 6.94. The number of nitrogens with one attached hydrogen (secondary N) is 1. The first-order valence-electron chi connectivity index (χ1n) is 11.1. The number of aromatic nitrogens is 2. The lowest BCUT2D eigenvalue weighted by Gasteiger charge is -2.34. The monoisotopic (exact) mass is 442 g/mol. The largest absolute Gasteiger partial charge is 0.378 e. The second-order valence-corrected chi connectivity index (χ2v) is 9.51. The zero-order valence-corrected chi connectivity index (χ0v) is 19.9. The fourth-order valence-corrected chi connectivity index (χ4v) is 4.50. The molecule has 2 heterocycles. The Labute approximate surface area is 190 Å². The van der Waals surface area contributed by atoms with Gasteiger partial charge in [0.1, 0.15) is 5.82 Å². The van der Waals surface area contributed by atoms with E-state index in [4.69, 9.17) is 9.72 Å². The molecule has 1 saturated heterocycles. The van der Waals surface area contributed by atoms with E-state index in [0.717, 1.165) is 28.8 Å². The molecule has 0 radical (unpaired) electrons. The smallest absolute Gasteiger partial charge is 0.251 e. The van der Waals surface area contributed by atoms with Gasteiger partial charge in [-0.1, -0.05) is 37.7 Å². The van der Waals surface area contributed by atoms with Crippen LogP contribution in [0.15, 0.2) is 35.5 Å². The Bertz CT molecular complexity index is 874. The summed E-state index contributed by atoms with van der Waals surface area (Å²) in [5.41, 5.74) is 2.67. The number of thioether (sulfide) groups is 1. The molecular weight excluding hydrogens is 408 g/mol. The predicted octanol–water partition coefficient (Wildman–Crippen LogP) is 4.68. The molecule has 1 aromatic carbocycles. The average molecular weight is 443 g/mol. The van der Waals surface area contributed by atoms with Crippen LogP contribution in [0.4, 0.5) is 5.82 Å². The number of rotatable bonds is 9. The minimum Gasteiger partial charge on any atom is -0.378 e. The molecule has 3 rings (SSSR count). The molecule has 1 atom stereocenters. The van der Waals surface area contributed by atoms with Crippen LogP contribution in [-0.2, 0) is 17.1 Å². The summed E-state index contributed by atoms with van der Waals surface area (Å²) in [7, 11) is 1.69. The Hall–Kier alpha value is -2.12. The fourth-order valence-electron chi connectivity index (χ4n) is 3.68. The molecule has 0 aliphatic carbocycles. The number of carbonyl (C=O) groups is 1. The molecule has 168 valence electrons. The van der Waals surface area contributed by atoms with E-state index >= 15 is 0 Å². The number of hydrogen-bond acceptors (Lipinski definition) is 6. The zero-order valence-electron chi connectivity index (χ0n) is 19.1. The molecule has 0 saturated carbocycles. The number of piperidine rings is 1. The topological polar surface area (TPSA) is 67.3 Å². The number of carbonyl (C=O) groups excluding carboxylic acids is 1. The van der Waals surface area contributed by atoms with Crippen LogP contribution in [0.3, 0.4) is 0 Å². The number of amides is 1. The van der Waals surface area contributed by atoms with E-state index in [-0.39, 0.29) is 5.91 Å². The molecule has 1 aliphatic rings. The number of nitrogens with zero attached hydrogens (tertiary/aromatic N) is 3. The molecule has 2 aromatic rings. The maximum Gasteiger partial charge on any atom is 0.251 e. The number of methoxy groups -OCH3 is 1. The minimum absolute atomic E-state index is 0.0275. The van der Waals surface area contributed by atoms with Gasteiger partial charge in [0.25, 0.3) is 5.91 Å². The quantitative estimate of drug-likeness (QED) is 0.449. The van der Waals surface area contributed by atoms with Gasteiger partial charge in [-0.25, -0.2) is 9.97 Å². The second kappa shape index (κ2) is 11.5. The first-order valence-corrected chi connectivity index (χ1v) is 12.1. The van der Waals surface area contributed by atoms with Crippen LogP contribution < -0.4 is 10.2 Å². The standard InChI is InChI=1S/C24H34N4O2S/c1-17(2)14-25-23(29)20-10-7-9-19(12-20)16-31-24-26-21(15-30-4)13-22(27-24)28-11-6-5-8-18(28)3/h7,9-10,12-13,17-18H,5-6,8,11,14-16H2,1-4H3,(H,25,29). The third-order valence-corrected chi connectivity index (χ3v) is 6.28. The van der Waals surface area contributed by atoms with Gasteiger partial charge >= 0.3 is 0 Å². The molecule has 31 heavy (non-hydrogen) atoms. The van der Waals surface area contributed by atoms with E-state index in [1.165, 1.54) is 19.3 Å². The lowest BCUT2D eigenvalue weighted by atomic mass is 10.0. The van der Waals surface area contributed by atoms with Gasteiger partial charge in [-0.15, -0.1) is 0 Å². The Kier molecular flexibility index (Phi) is 8.72. The average Bonchev–Trinajstić information content (AvgIpc) is 2.76. The lowest BCUT2D eigenvalue weighted by Crippen LogP contribution is -2.38. The lowest BCUT2D eigenvalue weighted by molar-refractivity contribution is 0.0949. The van der Waals surface area contributed by atoms with E-state index in [2.05, 4.69) is 42.0 Å². The van der Waals surface area contributed by atoms with Gasteiger partial charge < -0.3 is 15.0 Å². The van der Waals surface area contributed by atoms with E-state index in [0.29, 0.717) is 36.4 Å². The van der Waals surface area contributed by atoms with Crippen LogP contribution in [0, 0.1) is 5.92 Å². The van der Waals surface area contributed by atoms with Crippen molar-refractivity contribution in [3.63, 3.8) is 0 Å². The van der Waals surface area contributed by atoms with Crippen molar-refractivity contribution in [2.45, 2.75) is 63.6 Å². The highest BCUT2D eigenvalue weighted by molar-refractivity contribution is 7.98. The van der Waals surface area contributed by atoms with Crippen molar-refractivity contribution in [2.75, 3.05) is 25.1 Å². The van der Waals surface area contributed by atoms with Crippen LogP contribution in [0.5, 0.6) is 0 Å². The molecule has 1 aromatic heterocycles.